The lowest BCUT2D eigenvalue weighted by Crippen LogP contribution is -2.01. The molecule has 0 fully saturated rings. The molecule has 2 rings (SSSR count). The van der Waals surface area contributed by atoms with Crippen LogP contribution in [0.3, 0.4) is 0 Å². The Hall–Kier alpha value is -1.54. The van der Waals surface area contributed by atoms with Gasteiger partial charge in [0, 0.05) is 29.7 Å². The van der Waals surface area contributed by atoms with Gasteiger partial charge in [-0.3, -0.25) is 0 Å². The van der Waals surface area contributed by atoms with E-state index in [1.165, 1.54) is 33.3 Å². The van der Waals surface area contributed by atoms with Gasteiger partial charge in [0.15, 0.2) is 0 Å². The van der Waals surface area contributed by atoms with Crippen LogP contribution < -0.4 is 5.73 Å². The summed E-state index contributed by atoms with van der Waals surface area (Å²) in [5, 5.41) is 1.31. The predicted octanol–water partition coefficient (Wildman–Crippen LogP) is 3.29. The van der Waals surface area contributed by atoms with Crippen molar-refractivity contribution >= 4 is 10.9 Å². The second kappa shape index (κ2) is 4.38. The molecule has 0 amide bonds. The number of fused-ring (bicyclic) bond motifs is 1. The summed E-state index contributed by atoms with van der Waals surface area (Å²) >= 11 is 0. The highest BCUT2D eigenvalue weighted by atomic mass is 15.0. The average molecular weight is 228 g/mol. The summed E-state index contributed by atoms with van der Waals surface area (Å²) in [6, 6.07) is 6.48. The van der Waals surface area contributed by atoms with Gasteiger partial charge in [-0.15, -0.1) is 0 Å². The summed E-state index contributed by atoms with van der Waals surface area (Å²) < 4.78 is 2.33. The molecular weight excluding hydrogens is 208 g/mol. The van der Waals surface area contributed by atoms with Crippen LogP contribution in [0.4, 0.5) is 0 Å². The van der Waals surface area contributed by atoms with Gasteiger partial charge in [-0.2, -0.15) is 0 Å². The molecule has 0 aliphatic heterocycles. The molecule has 0 bridgehead atoms. The summed E-state index contributed by atoms with van der Waals surface area (Å²) in [4.78, 5) is 0. The van der Waals surface area contributed by atoms with Crippen LogP contribution in [0.25, 0.3) is 10.9 Å². The van der Waals surface area contributed by atoms with Gasteiger partial charge in [0.25, 0.3) is 0 Å². The normalized spacial score (nSPS) is 11.1. The summed E-state index contributed by atoms with van der Waals surface area (Å²) in [6.07, 6.45) is 0. The molecule has 17 heavy (non-hydrogen) atoms. The monoisotopic (exact) mass is 228 g/mol. The van der Waals surface area contributed by atoms with Crippen LogP contribution in [0, 0.1) is 13.8 Å². The highest BCUT2D eigenvalue weighted by molar-refractivity contribution is 5.86. The lowest BCUT2D eigenvalue weighted by Gasteiger charge is -2.08. The van der Waals surface area contributed by atoms with Crippen molar-refractivity contribution in [3.8, 4) is 0 Å². The van der Waals surface area contributed by atoms with Crippen molar-refractivity contribution in [1.82, 2.24) is 4.57 Å². The standard InChI is InChI=1S/C15H20N2/c1-10(2)9-17-12(4)11(3)14-7-13(8-16)5-6-15(14)17/h5-7H,1,8-9,16H2,2-4H3. The third kappa shape index (κ3) is 2.01. The maximum Gasteiger partial charge on any atom is 0.0488 e. The zero-order valence-corrected chi connectivity index (χ0v) is 10.9. The van der Waals surface area contributed by atoms with Gasteiger partial charge >= 0.3 is 0 Å². The summed E-state index contributed by atoms with van der Waals surface area (Å²) in [6.45, 7) is 11.9. The molecule has 2 heteroatoms. The van der Waals surface area contributed by atoms with E-state index < -0.39 is 0 Å². The Kier molecular flexibility index (Phi) is 3.07. The van der Waals surface area contributed by atoms with Crippen molar-refractivity contribution in [2.24, 2.45) is 5.73 Å². The van der Waals surface area contributed by atoms with Crippen LogP contribution in [0.15, 0.2) is 30.4 Å². The molecular formula is C15H20N2. The molecule has 0 radical (unpaired) electrons. The molecule has 0 saturated carbocycles. The van der Waals surface area contributed by atoms with Crippen LogP contribution >= 0.6 is 0 Å². The van der Waals surface area contributed by atoms with Crippen molar-refractivity contribution in [1.29, 1.82) is 0 Å². The van der Waals surface area contributed by atoms with E-state index in [4.69, 9.17) is 5.73 Å². The largest absolute Gasteiger partial charge is 0.341 e. The van der Waals surface area contributed by atoms with Gasteiger partial charge in [-0.1, -0.05) is 18.2 Å². The number of hydrogen-bond acceptors (Lipinski definition) is 1. The van der Waals surface area contributed by atoms with Crippen LogP contribution in [-0.4, -0.2) is 4.57 Å². The molecule has 2 N–H and O–H groups in total. The SMILES string of the molecule is C=C(C)Cn1c(C)c(C)c2cc(CN)ccc21. The molecule has 1 aromatic heterocycles. The van der Waals surface area contributed by atoms with E-state index in [1.807, 2.05) is 0 Å². The smallest absolute Gasteiger partial charge is 0.0488 e. The molecule has 0 aliphatic carbocycles. The fraction of sp³-hybridized carbons (Fsp3) is 0.333. The Morgan fingerprint density at radius 1 is 1.35 bits per heavy atom. The van der Waals surface area contributed by atoms with E-state index in [9.17, 15) is 0 Å². The number of aryl methyl sites for hydroxylation is 1. The molecule has 2 aromatic rings. The van der Waals surface area contributed by atoms with Gasteiger partial charge in [0.05, 0.1) is 0 Å². The number of nitrogens with zero attached hydrogens (tertiary/aromatic N) is 1. The van der Waals surface area contributed by atoms with E-state index in [1.54, 1.807) is 0 Å². The maximum absolute atomic E-state index is 5.70. The van der Waals surface area contributed by atoms with Crippen molar-refractivity contribution < 1.29 is 0 Å². The molecule has 0 aliphatic rings. The fourth-order valence-corrected chi connectivity index (χ4v) is 2.30. The highest BCUT2D eigenvalue weighted by Gasteiger charge is 2.10. The van der Waals surface area contributed by atoms with Crippen LogP contribution in [0.2, 0.25) is 0 Å². The second-order valence-corrected chi connectivity index (χ2v) is 4.81. The van der Waals surface area contributed by atoms with Gasteiger partial charge in [-0.25, -0.2) is 0 Å². The Morgan fingerprint density at radius 2 is 2.06 bits per heavy atom. The highest BCUT2D eigenvalue weighted by Crippen LogP contribution is 2.26. The number of rotatable bonds is 3. The van der Waals surface area contributed by atoms with E-state index in [2.05, 4.69) is 50.1 Å². The van der Waals surface area contributed by atoms with E-state index in [0.29, 0.717) is 6.54 Å². The number of benzene rings is 1. The molecule has 1 aromatic carbocycles. The molecule has 90 valence electrons. The first-order chi connectivity index (χ1) is 8.04. The minimum Gasteiger partial charge on any atom is -0.341 e. The Morgan fingerprint density at radius 3 is 2.65 bits per heavy atom. The first-order valence-electron chi connectivity index (χ1n) is 5.97. The fourth-order valence-electron chi connectivity index (χ4n) is 2.30. The van der Waals surface area contributed by atoms with Crippen molar-refractivity contribution in [3.63, 3.8) is 0 Å². The van der Waals surface area contributed by atoms with E-state index >= 15 is 0 Å². The first-order valence-corrected chi connectivity index (χ1v) is 5.97. The number of hydrogen-bond donors (Lipinski definition) is 1. The number of nitrogens with two attached hydrogens (primary N) is 1. The van der Waals surface area contributed by atoms with Gasteiger partial charge in [-0.05, 0) is 44.0 Å². The molecule has 2 nitrogen and oxygen atoms in total. The third-order valence-corrected chi connectivity index (χ3v) is 3.37. The van der Waals surface area contributed by atoms with E-state index in [-0.39, 0.29) is 0 Å². The molecule has 0 atom stereocenters. The first kappa shape index (κ1) is 11.9. The Bertz CT molecular complexity index is 576. The third-order valence-electron chi connectivity index (χ3n) is 3.37. The lowest BCUT2D eigenvalue weighted by molar-refractivity contribution is 0.788. The van der Waals surface area contributed by atoms with Gasteiger partial charge in [0.2, 0.25) is 0 Å². The summed E-state index contributed by atoms with van der Waals surface area (Å²) in [5.41, 5.74) is 12.0. The van der Waals surface area contributed by atoms with Crippen molar-refractivity contribution in [2.75, 3.05) is 0 Å². The molecule has 0 saturated heterocycles. The van der Waals surface area contributed by atoms with Gasteiger partial charge in [0.1, 0.15) is 0 Å². The summed E-state index contributed by atoms with van der Waals surface area (Å²) in [5.74, 6) is 0. The van der Waals surface area contributed by atoms with Crippen LogP contribution in [-0.2, 0) is 13.1 Å². The zero-order valence-electron chi connectivity index (χ0n) is 10.9. The lowest BCUT2D eigenvalue weighted by atomic mass is 10.1. The Balaban J connectivity index is 2.68. The second-order valence-electron chi connectivity index (χ2n) is 4.81. The minimum atomic E-state index is 0.597. The van der Waals surface area contributed by atoms with Crippen molar-refractivity contribution in [2.45, 2.75) is 33.9 Å². The summed E-state index contributed by atoms with van der Waals surface area (Å²) in [7, 11) is 0. The topological polar surface area (TPSA) is 30.9 Å². The maximum atomic E-state index is 5.70. The predicted molar refractivity (Wildman–Crippen MR) is 74.1 cm³/mol. The van der Waals surface area contributed by atoms with Crippen molar-refractivity contribution in [3.05, 3.63) is 47.2 Å². The minimum absolute atomic E-state index is 0.597. The van der Waals surface area contributed by atoms with E-state index in [0.717, 1.165) is 6.54 Å². The molecule has 0 unspecified atom stereocenters. The van der Waals surface area contributed by atoms with Crippen LogP contribution in [0.1, 0.15) is 23.7 Å². The van der Waals surface area contributed by atoms with Crippen LogP contribution in [0.5, 0.6) is 0 Å². The number of allylic oxidation sites excluding steroid dienone is 1. The number of aromatic nitrogens is 1. The molecule has 0 spiro atoms. The average Bonchev–Trinajstić information content (AvgIpc) is 2.54. The van der Waals surface area contributed by atoms with Gasteiger partial charge < -0.3 is 10.3 Å². The Labute approximate surface area is 103 Å². The zero-order chi connectivity index (χ0) is 12.6. The quantitative estimate of drug-likeness (QED) is 0.803. The molecule has 1 heterocycles.